The molecule has 6 heteroatoms. The van der Waals surface area contributed by atoms with Gasteiger partial charge in [0.1, 0.15) is 0 Å². The lowest BCUT2D eigenvalue weighted by Crippen LogP contribution is -2.47. The van der Waals surface area contributed by atoms with E-state index in [4.69, 9.17) is 16.7 Å². The molecule has 1 N–H and O–H groups in total. The van der Waals surface area contributed by atoms with E-state index in [1.165, 1.54) is 37.7 Å². The first-order chi connectivity index (χ1) is 12.5. The predicted octanol–water partition coefficient (Wildman–Crippen LogP) is 4.46. The van der Waals surface area contributed by atoms with Gasteiger partial charge in [-0.25, -0.2) is 0 Å². The second-order valence-corrected chi connectivity index (χ2v) is 7.77. The Balaban J connectivity index is 1.67. The van der Waals surface area contributed by atoms with Crippen LogP contribution in [0.25, 0.3) is 11.4 Å². The van der Waals surface area contributed by atoms with Gasteiger partial charge in [0.15, 0.2) is 5.11 Å². The first-order valence-corrected chi connectivity index (χ1v) is 9.90. The normalized spacial score (nSPS) is 15.2. The highest BCUT2D eigenvalue weighted by Crippen LogP contribution is 2.20. The Labute approximate surface area is 161 Å². The first kappa shape index (κ1) is 18.8. The highest BCUT2D eigenvalue weighted by Gasteiger charge is 2.21. The molecular formula is C20H28N4OS. The molecule has 1 saturated carbocycles. The second kappa shape index (κ2) is 8.62. The summed E-state index contributed by atoms with van der Waals surface area (Å²) >= 11 is 5.67. The Hall–Kier alpha value is -1.95. The average molecular weight is 373 g/mol. The molecule has 3 rings (SSSR count). The third kappa shape index (κ3) is 4.81. The van der Waals surface area contributed by atoms with Crippen molar-refractivity contribution in [2.75, 3.05) is 0 Å². The van der Waals surface area contributed by atoms with E-state index in [-0.39, 0.29) is 6.04 Å². The molecule has 1 aromatic heterocycles. The molecule has 2 aromatic rings. The number of nitrogens with zero attached hydrogens (tertiary/aromatic N) is 3. The number of hydrogen-bond acceptors (Lipinski definition) is 4. The lowest BCUT2D eigenvalue weighted by Gasteiger charge is -2.32. The minimum Gasteiger partial charge on any atom is -0.360 e. The van der Waals surface area contributed by atoms with Gasteiger partial charge in [-0.15, -0.1) is 0 Å². The number of benzene rings is 1. The van der Waals surface area contributed by atoms with Crippen LogP contribution >= 0.6 is 12.2 Å². The zero-order valence-electron chi connectivity index (χ0n) is 15.9. The van der Waals surface area contributed by atoms with Gasteiger partial charge in [0.2, 0.25) is 11.7 Å². The van der Waals surface area contributed by atoms with Gasteiger partial charge in [0, 0.05) is 17.6 Å². The minimum atomic E-state index is 0.257. The third-order valence-corrected chi connectivity index (χ3v) is 5.22. The van der Waals surface area contributed by atoms with Crippen molar-refractivity contribution in [3.05, 3.63) is 35.7 Å². The van der Waals surface area contributed by atoms with Crippen molar-refractivity contribution in [3.63, 3.8) is 0 Å². The summed E-state index contributed by atoms with van der Waals surface area (Å²) in [5.41, 5.74) is 2.15. The van der Waals surface area contributed by atoms with Gasteiger partial charge in [-0.05, 0) is 51.9 Å². The van der Waals surface area contributed by atoms with E-state index in [2.05, 4.69) is 53.3 Å². The lowest BCUT2D eigenvalue weighted by molar-refractivity contribution is 0.271. The SMILES string of the molecule is Cc1cccc(-c2noc(CN(C(=S)NC3CCCCC3)C(C)C)n2)c1. The molecule has 0 atom stereocenters. The highest BCUT2D eigenvalue weighted by atomic mass is 32.1. The van der Waals surface area contributed by atoms with Crippen LogP contribution in [0.1, 0.15) is 57.4 Å². The fourth-order valence-corrected chi connectivity index (χ4v) is 3.80. The van der Waals surface area contributed by atoms with Crippen molar-refractivity contribution >= 4 is 17.3 Å². The monoisotopic (exact) mass is 372 g/mol. The molecule has 5 nitrogen and oxygen atoms in total. The topological polar surface area (TPSA) is 54.2 Å². The first-order valence-electron chi connectivity index (χ1n) is 9.49. The Bertz CT molecular complexity index is 737. The van der Waals surface area contributed by atoms with E-state index in [1.807, 2.05) is 12.1 Å². The van der Waals surface area contributed by atoms with Crippen LogP contribution in [0.4, 0.5) is 0 Å². The minimum absolute atomic E-state index is 0.257. The van der Waals surface area contributed by atoms with Gasteiger partial charge in [-0.2, -0.15) is 4.98 Å². The Kier molecular flexibility index (Phi) is 6.25. The number of aryl methyl sites for hydroxylation is 1. The standard InChI is InChI=1S/C20H28N4OS/c1-14(2)24(20(26)21-17-10-5-4-6-11-17)13-18-22-19(23-25-18)16-9-7-8-15(3)12-16/h7-9,12,14,17H,4-6,10-11,13H2,1-3H3,(H,21,26). The van der Waals surface area contributed by atoms with Crippen molar-refractivity contribution in [2.24, 2.45) is 0 Å². The third-order valence-electron chi connectivity index (χ3n) is 4.87. The van der Waals surface area contributed by atoms with Gasteiger partial charge in [-0.1, -0.05) is 48.2 Å². The molecular weight excluding hydrogens is 344 g/mol. The second-order valence-electron chi connectivity index (χ2n) is 7.39. The summed E-state index contributed by atoms with van der Waals surface area (Å²) in [4.78, 5) is 6.69. The maximum Gasteiger partial charge on any atom is 0.246 e. The summed E-state index contributed by atoms with van der Waals surface area (Å²) in [7, 11) is 0. The molecule has 1 aromatic carbocycles. The number of aromatic nitrogens is 2. The van der Waals surface area contributed by atoms with Gasteiger partial charge in [0.25, 0.3) is 0 Å². The fourth-order valence-electron chi connectivity index (χ4n) is 3.36. The summed E-state index contributed by atoms with van der Waals surface area (Å²) in [5, 5.41) is 8.45. The Morgan fingerprint density at radius 1 is 1.31 bits per heavy atom. The van der Waals surface area contributed by atoms with Crippen molar-refractivity contribution < 1.29 is 4.52 Å². The molecule has 0 unspecified atom stereocenters. The average Bonchev–Trinajstić information content (AvgIpc) is 3.09. The molecule has 1 fully saturated rings. The highest BCUT2D eigenvalue weighted by molar-refractivity contribution is 7.80. The van der Waals surface area contributed by atoms with Crippen LogP contribution in [0.3, 0.4) is 0 Å². The Morgan fingerprint density at radius 2 is 2.08 bits per heavy atom. The molecule has 1 aliphatic carbocycles. The van der Waals surface area contributed by atoms with Crippen molar-refractivity contribution in [1.29, 1.82) is 0 Å². The van der Waals surface area contributed by atoms with E-state index in [9.17, 15) is 0 Å². The molecule has 140 valence electrons. The summed E-state index contributed by atoms with van der Waals surface area (Å²) < 4.78 is 5.49. The van der Waals surface area contributed by atoms with Gasteiger partial charge in [0.05, 0.1) is 6.54 Å². The van der Waals surface area contributed by atoms with E-state index in [0.717, 1.165) is 10.7 Å². The zero-order valence-corrected chi connectivity index (χ0v) is 16.7. The number of hydrogen-bond donors (Lipinski definition) is 1. The molecule has 0 amide bonds. The van der Waals surface area contributed by atoms with Crippen LogP contribution in [0, 0.1) is 6.92 Å². The molecule has 0 saturated heterocycles. The number of thiocarbonyl (C=S) groups is 1. The molecule has 1 aliphatic rings. The van der Waals surface area contributed by atoms with Gasteiger partial charge >= 0.3 is 0 Å². The molecule has 0 aliphatic heterocycles. The molecule has 0 spiro atoms. The maximum absolute atomic E-state index is 5.67. The van der Waals surface area contributed by atoms with Crippen LogP contribution < -0.4 is 5.32 Å². The lowest BCUT2D eigenvalue weighted by atomic mass is 9.96. The van der Waals surface area contributed by atoms with Crippen molar-refractivity contribution in [3.8, 4) is 11.4 Å². The summed E-state index contributed by atoms with van der Waals surface area (Å²) in [6.07, 6.45) is 6.30. The van der Waals surface area contributed by atoms with Crippen LogP contribution in [-0.2, 0) is 6.54 Å². The van der Waals surface area contributed by atoms with Crippen LogP contribution in [-0.4, -0.2) is 32.2 Å². The number of rotatable bonds is 5. The quantitative estimate of drug-likeness (QED) is 0.782. The number of nitrogens with one attached hydrogen (secondary N) is 1. The maximum atomic E-state index is 5.67. The molecule has 1 heterocycles. The van der Waals surface area contributed by atoms with Crippen LogP contribution in [0.15, 0.2) is 28.8 Å². The smallest absolute Gasteiger partial charge is 0.246 e. The van der Waals surface area contributed by atoms with E-state index >= 15 is 0 Å². The van der Waals surface area contributed by atoms with Crippen molar-refractivity contribution in [1.82, 2.24) is 20.4 Å². The largest absolute Gasteiger partial charge is 0.360 e. The zero-order chi connectivity index (χ0) is 18.5. The fraction of sp³-hybridized carbons (Fsp3) is 0.550. The van der Waals surface area contributed by atoms with Crippen LogP contribution in [0.2, 0.25) is 0 Å². The summed E-state index contributed by atoms with van der Waals surface area (Å²) in [5.74, 6) is 1.21. The van der Waals surface area contributed by atoms with Crippen molar-refractivity contribution in [2.45, 2.75) is 71.5 Å². The molecule has 26 heavy (non-hydrogen) atoms. The van der Waals surface area contributed by atoms with E-state index in [1.54, 1.807) is 0 Å². The Morgan fingerprint density at radius 3 is 2.77 bits per heavy atom. The van der Waals surface area contributed by atoms with E-state index < -0.39 is 0 Å². The van der Waals surface area contributed by atoms with E-state index in [0.29, 0.717) is 24.3 Å². The predicted molar refractivity (Wildman–Crippen MR) is 108 cm³/mol. The molecule has 0 radical (unpaired) electrons. The van der Waals surface area contributed by atoms with Crippen LogP contribution in [0.5, 0.6) is 0 Å². The van der Waals surface area contributed by atoms with Gasteiger partial charge < -0.3 is 14.7 Å². The summed E-state index contributed by atoms with van der Waals surface area (Å²) in [6.45, 7) is 6.84. The summed E-state index contributed by atoms with van der Waals surface area (Å²) in [6, 6.07) is 8.86. The van der Waals surface area contributed by atoms with Gasteiger partial charge in [-0.3, -0.25) is 0 Å². The molecule has 0 bridgehead atoms.